The Balaban J connectivity index is 2.10. The molecule has 1 aromatic carbocycles. The average molecular weight is 233 g/mol. The summed E-state index contributed by atoms with van der Waals surface area (Å²) >= 11 is 0. The van der Waals surface area contributed by atoms with E-state index in [4.69, 9.17) is 4.74 Å². The molecule has 1 atom stereocenters. The summed E-state index contributed by atoms with van der Waals surface area (Å²) in [6.07, 6.45) is -0.0123. The Morgan fingerprint density at radius 1 is 1.24 bits per heavy atom. The van der Waals surface area contributed by atoms with E-state index in [9.17, 15) is 4.79 Å². The Kier molecular flexibility index (Phi) is 3.20. The van der Waals surface area contributed by atoms with Gasteiger partial charge in [-0.3, -0.25) is 4.79 Å². The van der Waals surface area contributed by atoms with Crippen molar-refractivity contribution in [3.63, 3.8) is 0 Å². The number of ether oxygens (including phenoxy) is 1. The third-order valence-electron chi connectivity index (χ3n) is 3.05. The van der Waals surface area contributed by atoms with Crippen LogP contribution in [0.25, 0.3) is 0 Å². The van der Waals surface area contributed by atoms with Crippen molar-refractivity contribution in [3.05, 3.63) is 35.4 Å². The zero-order valence-corrected chi connectivity index (χ0v) is 10.6. The Morgan fingerprint density at radius 3 is 2.35 bits per heavy atom. The van der Waals surface area contributed by atoms with Gasteiger partial charge in [-0.1, -0.05) is 45.0 Å². The van der Waals surface area contributed by atoms with Crippen molar-refractivity contribution in [1.29, 1.82) is 0 Å². The summed E-state index contributed by atoms with van der Waals surface area (Å²) in [5, 5.41) is 2.81. The molecule has 3 nitrogen and oxygen atoms in total. The molecular weight excluding hydrogens is 214 g/mol. The molecule has 0 radical (unpaired) electrons. The number of hydrogen-bond acceptors (Lipinski definition) is 2. The van der Waals surface area contributed by atoms with E-state index in [2.05, 4.69) is 50.4 Å². The SMILES string of the molecule is CC(C)(C)c1ccc([C@H]2CNC(=O)CO2)cc1. The van der Waals surface area contributed by atoms with E-state index in [1.54, 1.807) is 0 Å². The van der Waals surface area contributed by atoms with Gasteiger partial charge in [0.2, 0.25) is 5.91 Å². The predicted molar refractivity (Wildman–Crippen MR) is 66.8 cm³/mol. The van der Waals surface area contributed by atoms with E-state index in [-0.39, 0.29) is 24.0 Å². The predicted octanol–water partition coefficient (Wildman–Crippen LogP) is 2.17. The first-order valence-electron chi connectivity index (χ1n) is 5.95. The van der Waals surface area contributed by atoms with Crippen molar-refractivity contribution in [3.8, 4) is 0 Å². The number of amides is 1. The monoisotopic (exact) mass is 233 g/mol. The molecule has 0 saturated carbocycles. The molecule has 92 valence electrons. The van der Waals surface area contributed by atoms with Crippen molar-refractivity contribution in [2.75, 3.05) is 13.2 Å². The molecule has 1 N–H and O–H groups in total. The number of hydrogen-bond donors (Lipinski definition) is 1. The van der Waals surface area contributed by atoms with Gasteiger partial charge in [0.1, 0.15) is 12.7 Å². The summed E-state index contributed by atoms with van der Waals surface area (Å²) in [6, 6.07) is 8.44. The number of carbonyl (C=O) groups excluding carboxylic acids is 1. The van der Waals surface area contributed by atoms with Crippen LogP contribution in [0.15, 0.2) is 24.3 Å². The second-order valence-corrected chi connectivity index (χ2v) is 5.48. The van der Waals surface area contributed by atoms with E-state index >= 15 is 0 Å². The van der Waals surface area contributed by atoms with Crippen molar-refractivity contribution in [1.82, 2.24) is 5.32 Å². The highest BCUT2D eigenvalue weighted by Crippen LogP contribution is 2.25. The zero-order chi connectivity index (χ0) is 12.5. The van der Waals surface area contributed by atoms with Crippen molar-refractivity contribution < 1.29 is 9.53 Å². The van der Waals surface area contributed by atoms with Crippen LogP contribution in [0.5, 0.6) is 0 Å². The van der Waals surface area contributed by atoms with Crippen LogP contribution in [0.1, 0.15) is 38.0 Å². The number of carbonyl (C=O) groups is 1. The van der Waals surface area contributed by atoms with Gasteiger partial charge in [-0.25, -0.2) is 0 Å². The fourth-order valence-electron chi connectivity index (χ4n) is 1.90. The lowest BCUT2D eigenvalue weighted by atomic mass is 9.86. The van der Waals surface area contributed by atoms with Gasteiger partial charge in [0, 0.05) is 6.54 Å². The maximum Gasteiger partial charge on any atom is 0.246 e. The smallest absolute Gasteiger partial charge is 0.246 e. The van der Waals surface area contributed by atoms with E-state index in [0.717, 1.165) is 5.56 Å². The van der Waals surface area contributed by atoms with Gasteiger partial charge in [0.15, 0.2) is 0 Å². The Bertz CT molecular complexity index is 393. The minimum absolute atomic E-state index is 0.0123. The third-order valence-corrected chi connectivity index (χ3v) is 3.05. The van der Waals surface area contributed by atoms with Crippen molar-refractivity contribution in [2.24, 2.45) is 0 Å². The molecule has 0 aliphatic carbocycles. The second kappa shape index (κ2) is 4.49. The average Bonchev–Trinajstić information content (AvgIpc) is 2.29. The number of nitrogens with one attached hydrogen (secondary N) is 1. The molecule has 1 amide bonds. The molecule has 1 aliphatic heterocycles. The van der Waals surface area contributed by atoms with Crippen LogP contribution in [0.3, 0.4) is 0 Å². The first-order valence-corrected chi connectivity index (χ1v) is 5.95. The Hall–Kier alpha value is -1.35. The minimum Gasteiger partial charge on any atom is -0.362 e. The van der Waals surface area contributed by atoms with Gasteiger partial charge in [0.05, 0.1) is 0 Å². The molecule has 1 fully saturated rings. The van der Waals surface area contributed by atoms with E-state index in [1.165, 1.54) is 5.56 Å². The standard InChI is InChI=1S/C14H19NO2/c1-14(2,3)11-6-4-10(5-7-11)12-8-15-13(16)9-17-12/h4-7,12H,8-9H2,1-3H3,(H,15,16)/t12-/m1/s1. The lowest BCUT2D eigenvalue weighted by molar-refractivity contribution is -0.133. The summed E-state index contributed by atoms with van der Waals surface area (Å²) in [4.78, 5) is 11.0. The van der Waals surface area contributed by atoms with E-state index in [1.807, 2.05) is 0 Å². The van der Waals surface area contributed by atoms with Crippen LogP contribution in [0.4, 0.5) is 0 Å². The second-order valence-electron chi connectivity index (χ2n) is 5.48. The van der Waals surface area contributed by atoms with Crippen molar-refractivity contribution in [2.45, 2.75) is 32.3 Å². The largest absolute Gasteiger partial charge is 0.362 e. The van der Waals surface area contributed by atoms with Gasteiger partial charge < -0.3 is 10.1 Å². The molecular formula is C14H19NO2. The molecule has 1 heterocycles. The number of benzene rings is 1. The topological polar surface area (TPSA) is 38.3 Å². The van der Waals surface area contributed by atoms with Gasteiger partial charge in [-0.15, -0.1) is 0 Å². The van der Waals surface area contributed by atoms with Crippen LogP contribution >= 0.6 is 0 Å². The molecule has 0 spiro atoms. The Labute approximate surface area is 102 Å². The molecule has 1 aromatic rings. The first-order chi connectivity index (χ1) is 7.97. The maximum atomic E-state index is 11.0. The normalized spacial score (nSPS) is 21.1. The lowest BCUT2D eigenvalue weighted by Gasteiger charge is -2.25. The van der Waals surface area contributed by atoms with Gasteiger partial charge in [-0.05, 0) is 16.5 Å². The minimum atomic E-state index is -0.0347. The molecule has 3 heteroatoms. The van der Waals surface area contributed by atoms with Crippen LogP contribution in [0.2, 0.25) is 0 Å². The van der Waals surface area contributed by atoms with Gasteiger partial charge >= 0.3 is 0 Å². The maximum absolute atomic E-state index is 11.0. The summed E-state index contributed by atoms with van der Waals surface area (Å²) < 4.78 is 5.49. The van der Waals surface area contributed by atoms with E-state index in [0.29, 0.717) is 6.54 Å². The molecule has 1 aliphatic rings. The lowest BCUT2D eigenvalue weighted by Crippen LogP contribution is -2.38. The first kappa shape index (κ1) is 12.1. The Morgan fingerprint density at radius 2 is 1.88 bits per heavy atom. The van der Waals surface area contributed by atoms with Gasteiger partial charge in [-0.2, -0.15) is 0 Å². The molecule has 0 aromatic heterocycles. The highest BCUT2D eigenvalue weighted by atomic mass is 16.5. The van der Waals surface area contributed by atoms with Crippen LogP contribution in [0, 0.1) is 0 Å². The van der Waals surface area contributed by atoms with Gasteiger partial charge in [0.25, 0.3) is 0 Å². The summed E-state index contributed by atoms with van der Waals surface area (Å²) in [7, 11) is 0. The molecule has 2 rings (SSSR count). The molecule has 17 heavy (non-hydrogen) atoms. The molecule has 0 unspecified atom stereocenters. The number of morpholine rings is 1. The number of rotatable bonds is 1. The van der Waals surface area contributed by atoms with Crippen LogP contribution in [-0.2, 0) is 14.9 Å². The van der Waals surface area contributed by atoms with Crippen LogP contribution < -0.4 is 5.32 Å². The highest BCUT2D eigenvalue weighted by Gasteiger charge is 2.20. The summed E-state index contributed by atoms with van der Waals surface area (Å²) in [5.74, 6) is -0.0347. The van der Waals surface area contributed by atoms with Crippen LogP contribution in [-0.4, -0.2) is 19.1 Å². The summed E-state index contributed by atoms with van der Waals surface area (Å²) in [5.41, 5.74) is 2.60. The third kappa shape index (κ3) is 2.86. The molecule has 1 saturated heterocycles. The van der Waals surface area contributed by atoms with E-state index < -0.39 is 0 Å². The fraction of sp³-hybridized carbons (Fsp3) is 0.500. The molecule has 0 bridgehead atoms. The summed E-state index contributed by atoms with van der Waals surface area (Å²) in [6.45, 7) is 7.30. The zero-order valence-electron chi connectivity index (χ0n) is 10.6. The fourth-order valence-corrected chi connectivity index (χ4v) is 1.90. The van der Waals surface area contributed by atoms with Crippen molar-refractivity contribution >= 4 is 5.91 Å². The highest BCUT2D eigenvalue weighted by molar-refractivity contribution is 5.77. The quantitative estimate of drug-likeness (QED) is 0.807.